The fourth-order valence-corrected chi connectivity index (χ4v) is 4.15. The van der Waals surface area contributed by atoms with Crippen LogP contribution in [-0.2, 0) is 11.3 Å². The van der Waals surface area contributed by atoms with Gasteiger partial charge in [0.15, 0.2) is 0 Å². The predicted molar refractivity (Wildman–Crippen MR) is 124 cm³/mol. The number of amides is 1. The van der Waals surface area contributed by atoms with Crippen LogP contribution in [0.15, 0.2) is 65.6 Å². The van der Waals surface area contributed by atoms with Gasteiger partial charge in [-0.3, -0.25) is 9.59 Å². The molecule has 0 unspecified atom stereocenters. The van der Waals surface area contributed by atoms with Gasteiger partial charge in [-0.1, -0.05) is 30.3 Å². The van der Waals surface area contributed by atoms with E-state index in [9.17, 15) is 9.59 Å². The SMILES string of the molecule is COc1cccc(CNC(=O)[C@@H](C)n2c(C)c3cnn(-c4ccccc4)c(=O)c3c2C)c1. The minimum atomic E-state index is -0.488. The highest BCUT2D eigenvalue weighted by molar-refractivity contribution is 5.89. The van der Waals surface area contributed by atoms with Crippen LogP contribution in [-0.4, -0.2) is 27.4 Å². The number of hydrogen-bond acceptors (Lipinski definition) is 4. The van der Waals surface area contributed by atoms with Crippen LogP contribution in [0.1, 0.15) is 29.9 Å². The van der Waals surface area contributed by atoms with Crippen LogP contribution in [0.5, 0.6) is 5.75 Å². The summed E-state index contributed by atoms with van der Waals surface area (Å²) < 4.78 is 8.54. The Hall–Kier alpha value is -3.87. The molecule has 0 aliphatic heterocycles. The Labute approximate surface area is 186 Å². The molecule has 4 rings (SSSR count). The molecule has 0 saturated heterocycles. The molecule has 1 N–H and O–H groups in total. The molecule has 1 atom stereocenters. The van der Waals surface area contributed by atoms with Gasteiger partial charge >= 0.3 is 0 Å². The van der Waals surface area contributed by atoms with E-state index in [-0.39, 0.29) is 11.5 Å². The molecule has 0 bridgehead atoms. The maximum Gasteiger partial charge on any atom is 0.281 e. The summed E-state index contributed by atoms with van der Waals surface area (Å²) in [5.74, 6) is 0.617. The second kappa shape index (κ2) is 8.70. The number of carbonyl (C=O) groups is 1. The average Bonchev–Trinajstić information content (AvgIpc) is 3.08. The van der Waals surface area contributed by atoms with Gasteiger partial charge in [0.2, 0.25) is 5.91 Å². The zero-order valence-electron chi connectivity index (χ0n) is 18.6. The lowest BCUT2D eigenvalue weighted by molar-refractivity contribution is -0.124. The van der Waals surface area contributed by atoms with Crippen LogP contribution in [0.25, 0.3) is 16.5 Å². The van der Waals surface area contributed by atoms with E-state index in [4.69, 9.17) is 4.74 Å². The molecule has 0 fully saturated rings. The Bertz CT molecular complexity index is 1340. The number of hydrogen-bond donors (Lipinski definition) is 1. The highest BCUT2D eigenvalue weighted by atomic mass is 16.5. The first-order chi connectivity index (χ1) is 15.4. The normalized spacial score (nSPS) is 12.0. The predicted octanol–water partition coefficient (Wildman–Crippen LogP) is 3.69. The van der Waals surface area contributed by atoms with Gasteiger partial charge in [-0.25, -0.2) is 0 Å². The van der Waals surface area contributed by atoms with Crippen molar-refractivity contribution in [3.63, 3.8) is 0 Å². The molecule has 0 saturated carbocycles. The fourth-order valence-electron chi connectivity index (χ4n) is 4.15. The third-order valence-electron chi connectivity index (χ3n) is 5.82. The maximum atomic E-state index is 13.3. The van der Waals surface area contributed by atoms with Gasteiger partial charge < -0.3 is 14.6 Å². The molecule has 0 spiro atoms. The van der Waals surface area contributed by atoms with E-state index in [1.54, 1.807) is 13.3 Å². The number of aryl methyl sites for hydroxylation is 2. The van der Waals surface area contributed by atoms with Crippen LogP contribution < -0.4 is 15.6 Å². The second-order valence-electron chi connectivity index (χ2n) is 7.77. The van der Waals surface area contributed by atoms with Gasteiger partial charge in [0.05, 0.1) is 24.4 Å². The molecule has 32 heavy (non-hydrogen) atoms. The Kier molecular flexibility index (Phi) is 5.81. The highest BCUT2D eigenvalue weighted by Gasteiger charge is 2.23. The summed E-state index contributed by atoms with van der Waals surface area (Å²) in [6.45, 7) is 6.01. The van der Waals surface area contributed by atoms with Gasteiger partial charge in [-0.2, -0.15) is 9.78 Å². The van der Waals surface area contributed by atoms with Crippen LogP contribution >= 0.6 is 0 Å². The van der Waals surface area contributed by atoms with Gasteiger partial charge in [-0.15, -0.1) is 0 Å². The van der Waals surface area contributed by atoms with Gasteiger partial charge in [0.25, 0.3) is 5.56 Å². The van der Waals surface area contributed by atoms with E-state index in [2.05, 4.69) is 10.4 Å². The number of methoxy groups -OCH3 is 1. The first kappa shape index (κ1) is 21.4. The minimum Gasteiger partial charge on any atom is -0.497 e. The molecule has 2 aromatic heterocycles. The molecule has 4 aromatic rings. The molecule has 2 heterocycles. The van der Waals surface area contributed by atoms with E-state index >= 15 is 0 Å². The van der Waals surface area contributed by atoms with Crippen LogP contribution in [0, 0.1) is 13.8 Å². The molecule has 2 aromatic carbocycles. The van der Waals surface area contributed by atoms with E-state index in [1.807, 2.05) is 79.9 Å². The number of para-hydroxylation sites is 1. The largest absolute Gasteiger partial charge is 0.497 e. The Morgan fingerprint density at radius 1 is 1.09 bits per heavy atom. The van der Waals surface area contributed by atoms with Crippen molar-refractivity contribution >= 4 is 16.7 Å². The standard InChI is InChI=1S/C25H26N4O3/c1-16-22-15-27-29(20-10-6-5-7-11-20)25(31)23(22)17(2)28(16)18(3)24(30)26-14-19-9-8-12-21(13-19)32-4/h5-13,15,18H,14H2,1-4H3,(H,26,30)/t18-/m1/s1. The lowest BCUT2D eigenvalue weighted by Crippen LogP contribution is -2.31. The number of carbonyl (C=O) groups excluding carboxylic acids is 1. The lowest BCUT2D eigenvalue weighted by Gasteiger charge is -2.18. The minimum absolute atomic E-state index is 0.129. The molecular formula is C25H26N4O3. The molecule has 7 heteroatoms. The topological polar surface area (TPSA) is 78.2 Å². The summed E-state index contributed by atoms with van der Waals surface area (Å²) in [7, 11) is 1.61. The van der Waals surface area contributed by atoms with E-state index in [0.717, 1.165) is 28.1 Å². The van der Waals surface area contributed by atoms with Gasteiger partial charge in [0.1, 0.15) is 11.8 Å². The van der Waals surface area contributed by atoms with Crippen molar-refractivity contribution in [3.8, 4) is 11.4 Å². The zero-order chi connectivity index (χ0) is 22.8. The van der Waals surface area contributed by atoms with E-state index < -0.39 is 6.04 Å². The molecular weight excluding hydrogens is 404 g/mol. The Morgan fingerprint density at radius 3 is 2.56 bits per heavy atom. The molecule has 1 amide bonds. The average molecular weight is 431 g/mol. The third kappa shape index (κ3) is 3.77. The summed E-state index contributed by atoms with van der Waals surface area (Å²) in [4.78, 5) is 26.2. The smallest absolute Gasteiger partial charge is 0.281 e. The number of benzene rings is 2. The molecule has 0 aliphatic rings. The maximum absolute atomic E-state index is 13.3. The van der Waals surface area contributed by atoms with Crippen LogP contribution in [0.3, 0.4) is 0 Å². The molecule has 0 radical (unpaired) electrons. The monoisotopic (exact) mass is 430 g/mol. The van der Waals surface area contributed by atoms with Crippen molar-refractivity contribution in [1.29, 1.82) is 0 Å². The quantitative estimate of drug-likeness (QED) is 0.506. The number of nitrogens with one attached hydrogen (secondary N) is 1. The summed E-state index contributed by atoms with van der Waals surface area (Å²) >= 11 is 0. The third-order valence-corrected chi connectivity index (χ3v) is 5.82. The fraction of sp³-hybridized carbons (Fsp3) is 0.240. The van der Waals surface area contributed by atoms with Crippen molar-refractivity contribution in [2.24, 2.45) is 0 Å². The van der Waals surface area contributed by atoms with Gasteiger partial charge in [0, 0.05) is 23.3 Å². The molecule has 7 nitrogen and oxygen atoms in total. The summed E-state index contributed by atoms with van der Waals surface area (Å²) in [6, 6.07) is 16.4. The van der Waals surface area contributed by atoms with Gasteiger partial charge in [-0.05, 0) is 50.6 Å². The first-order valence-corrected chi connectivity index (χ1v) is 10.5. The zero-order valence-corrected chi connectivity index (χ0v) is 18.6. The summed E-state index contributed by atoms with van der Waals surface area (Å²) in [5.41, 5.74) is 3.04. The van der Waals surface area contributed by atoms with E-state index in [1.165, 1.54) is 4.68 Å². The van der Waals surface area contributed by atoms with Crippen molar-refractivity contribution in [2.45, 2.75) is 33.4 Å². The highest BCUT2D eigenvalue weighted by Crippen LogP contribution is 2.26. The summed E-state index contributed by atoms with van der Waals surface area (Å²) in [6.07, 6.45) is 1.70. The van der Waals surface area contributed by atoms with Crippen LogP contribution in [0.2, 0.25) is 0 Å². The number of aromatic nitrogens is 3. The first-order valence-electron chi connectivity index (χ1n) is 10.5. The Balaban J connectivity index is 1.65. The number of fused-ring (bicyclic) bond motifs is 1. The number of rotatable bonds is 6. The van der Waals surface area contributed by atoms with E-state index in [0.29, 0.717) is 17.6 Å². The van der Waals surface area contributed by atoms with Crippen molar-refractivity contribution in [1.82, 2.24) is 19.7 Å². The number of ether oxygens (including phenoxy) is 1. The van der Waals surface area contributed by atoms with Crippen molar-refractivity contribution in [2.75, 3.05) is 7.11 Å². The van der Waals surface area contributed by atoms with Crippen molar-refractivity contribution in [3.05, 3.63) is 88.1 Å². The lowest BCUT2D eigenvalue weighted by atomic mass is 10.2. The molecule has 164 valence electrons. The van der Waals surface area contributed by atoms with Crippen LogP contribution in [0.4, 0.5) is 0 Å². The summed E-state index contributed by atoms with van der Waals surface area (Å²) in [5, 5.41) is 8.69. The second-order valence-corrected chi connectivity index (χ2v) is 7.77. The van der Waals surface area contributed by atoms with Crippen molar-refractivity contribution < 1.29 is 9.53 Å². The Morgan fingerprint density at radius 2 is 1.84 bits per heavy atom. The number of nitrogens with zero attached hydrogens (tertiary/aromatic N) is 3. The molecule has 0 aliphatic carbocycles.